The molecule has 1 aliphatic rings. The zero-order chi connectivity index (χ0) is 15.4. The number of hydrogen-bond donors (Lipinski definition) is 0. The molecule has 1 saturated carbocycles. The zero-order valence-corrected chi connectivity index (χ0v) is 12.5. The van der Waals surface area contributed by atoms with E-state index >= 15 is 0 Å². The summed E-state index contributed by atoms with van der Waals surface area (Å²) in [6.07, 6.45) is 5.40. The van der Waals surface area contributed by atoms with Crippen LogP contribution in [0, 0.1) is 5.92 Å². The summed E-state index contributed by atoms with van der Waals surface area (Å²) in [4.78, 5) is 24.8. The Kier molecular flexibility index (Phi) is 4.52. The fourth-order valence-corrected chi connectivity index (χ4v) is 3.37. The minimum atomic E-state index is -0.0494. The maximum Gasteiger partial charge on any atom is 0.198 e. The van der Waals surface area contributed by atoms with Gasteiger partial charge in [0.25, 0.3) is 0 Å². The first kappa shape index (κ1) is 14.8. The van der Waals surface area contributed by atoms with Crippen LogP contribution < -0.4 is 0 Å². The highest BCUT2D eigenvalue weighted by Gasteiger charge is 2.33. The number of ketones is 2. The molecule has 0 bridgehead atoms. The molecule has 3 heteroatoms. The largest absolute Gasteiger partial charge is 0.461 e. The molecule has 1 heterocycles. The van der Waals surface area contributed by atoms with Gasteiger partial charge in [-0.15, -0.1) is 0 Å². The average molecular weight is 296 g/mol. The third-order valence-corrected chi connectivity index (χ3v) is 4.52. The standard InChI is InChI=1S/C19H20O3/c20-17-10-5-4-9-15(17)16(14-7-2-1-3-8-14)13-18(21)19-11-6-12-22-19/h1-3,6-8,11-12,15-16H,4-5,9-10,13H2/t15-,16+/m1/s1. The maximum atomic E-state index is 12.4. The molecule has 0 unspecified atom stereocenters. The molecule has 2 aromatic rings. The van der Waals surface area contributed by atoms with E-state index in [-0.39, 0.29) is 17.6 Å². The number of hydrogen-bond acceptors (Lipinski definition) is 3. The van der Waals surface area contributed by atoms with E-state index in [2.05, 4.69) is 0 Å². The lowest BCUT2D eigenvalue weighted by Crippen LogP contribution is -2.27. The van der Waals surface area contributed by atoms with Crippen molar-refractivity contribution in [2.24, 2.45) is 5.92 Å². The van der Waals surface area contributed by atoms with E-state index in [0.29, 0.717) is 24.4 Å². The Morgan fingerprint density at radius 3 is 2.64 bits per heavy atom. The van der Waals surface area contributed by atoms with Gasteiger partial charge >= 0.3 is 0 Å². The van der Waals surface area contributed by atoms with Crippen molar-refractivity contribution in [1.82, 2.24) is 0 Å². The SMILES string of the molecule is O=C(C[C@@H](c1ccccc1)[C@H]1CCCCC1=O)c1ccco1. The third kappa shape index (κ3) is 3.19. The van der Waals surface area contributed by atoms with Gasteiger partial charge in [0, 0.05) is 24.7 Å². The predicted octanol–water partition coefficient (Wildman–Crippen LogP) is 4.40. The minimum Gasteiger partial charge on any atom is -0.461 e. The molecule has 1 aromatic heterocycles. The van der Waals surface area contributed by atoms with Crippen LogP contribution in [0.1, 0.15) is 54.1 Å². The van der Waals surface area contributed by atoms with Crippen LogP contribution in [0.25, 0.3) is 0 Å². The first-order valence-corrected chi connectivity index (χ1v) is 7.90. The average Bonchev–Trinajstić information content (AvgIpc) is 3.09. The number of Topliss-reactive ketones (excluding diaryl/α,β-unsaturated/α-hetero) is 2. The Morgan fingerprint density at radius 1 is 1.14 bits per heavy atom. The van der Waals surface area contributed by atoms with Crippen molar-refractivity contribution in [1.29, 1.82) is 0 Å². The second-order valence-corrected chi connectivity index (χ2v) is 5.94. The van der Waals surface area contributed by atoms with Gasteiger partial charge in [-0.1, -0.05) is 36.8 Å². The summed E-state index contributed by atoms with van der Waals surface area (Å²) in [5.74, 6) is 0.551. The quantitative estimate of drug-likeness (QED) is 0.768. The molecule has 0 N–H and O–H groups in total. The summed E-state index contributed by atoms with van der Waals surface area (Å²) in [6, 6.07) is 13.3. The molecule has 3 nitrogen and oxygen atoms in total. The molecule has 1 fully saturated rings. The normalized spacial score (nSPS) is 19.8. The Bertz CT molecular complexity index is 628. The van der Waals surface area contributed by atoms with Gasteiger partial charge in [-0.25, -0.2) is 0 Å². The Hall–Kier alpha value is -2.16. The monoisotopic (exact) mass is 296 g/mol. The highest BCUT2D eigenvalue weighted by Crippen LogP contribution is 2.37. The van der Waals surface area contributed by atoms with Crippen LogP contribution in [0.4, 0.5) is 0 Å². The van der Waals surface area contributed by atoms with Crippen molar-refractivity contribution in [2.45, 2.75) is 38.0 Å². The van der Waals surface area contributed by atoms with Crippen molar-refractivity contribution in [3.8, 4) is 0 Å². The smallest absolute Gasteiger partial charge is 0.198 e. The summed E-state index contributed by atoms with van der Waals surface area (Å²) in [7, 11) is 0. The molecule has 22 heavy (non-hydrogen) atoms. The van der Waals surface area contributed by atoms with Crippen LogP contribution in [0.2, 0.25) is 0 Å². The lowest BCUT2D eigenvalue weighted by Gasteiger charge is -2.29. The van der Waals surface area contributed by atoms with Gasteiger partial charge in [0.15, 0.2) is 11.5 Å². The van der Waals surface area contributed by atoms with Crippen LogP contribution in [0.3, 0.4) is 0 Å². The van der Waals surface area contributed by atoms with Crippen LogP contribution in [-0.4, -0.2) is 11.6 Å². The van der Waals surface area contributed by atoms with Gasteiger partial charge in [-0.05, 0) is 30.5 Å². The Labute approximate surface area is 130 Å². The second kappa shape index (κ2) is 6.73. The molecule has 114 valence electrons. The summed E-state index contributed by atoms with van der Waals surface area (Å²) in [5.41, 5.74) is 1.07. The van der Waals surface area contributed by atoms with Gasteiger partial charge in [0.1, 0.15) is 5.78 Å². The van der Waals surface area contributed by atoms with Crippen LogP contribution in [0.5, 0.6) is 0 Å². The predicted molar refractivity (Wildman–Crippen MR) is 83.8 cm³/mol. The van der Waals surface area contributed by atoms with E-state index in [4.69, 9.17) is 4.42 Å². The first-order valence-electron chi connectivity index (χ1n) is 7.90. The van der Waals surface area contributed by atoms with Gasteiger partial charge < -0.3 is 4.42 Å². The Morgan fingerprint density at radius 2 is 1.95 bits per heavy atom. The van der Waals surface area contributed by atoms with Gasteiger partial charge in [0.2, 0.25) is 0 Å². The molecule has 0 aliphatic heterocycles. The topological polar surface area (TPSA) is 47.3 Å². The van der Waals surface area contributed by atoms with E-state index in [1.54, 1.807) is 12.1 Å². The maximum absolute atomic E-state index is 12.4. The van der Waals surface area contributed by atoms with E-state index < -0.39 is 0 Å². The lowest BCUT2D eigenvalue weighted by molar-refractivity contribution is -0.125. The van der Waals surface area contributed by atoms with E-state index in [1.807, 2.05) is 30.3 Å². The highest BCUT2D eigenvalue weighted by molar-refractivity contribution is 5.94. The molecule has 0 spiro atoms. The Balaban J connectivity index is 1.86. The van der Waals surface area contributed by atoms with Crippen LogP contribution in [0.15, 0.2) is 53.1 Å². The molecular weight excluding hydrogens is 276 g/mol. The van der Waals surface area contributed by atoms with E-state index in [9.17, 15) is 9.59 Å². The number of carbonyl (C=O) groups is 2. The number of benzene rings is 1. The third-order valence-electron chi connectivity index (χ3n) is 4.52. The minimum absolute atomic E-state index is 0.0303. The molecule has 0 amide bonds. The highest BCUT2D eigenvalue weighted by atomic mass is 16.3. The number of rotatable bonds is 5. The van der Waals surface area contributed by atoms with Crippen molar-refractivity contribution in [3.05, 3.63) is 60.1 Å². The summed E-state index contributed by atoms with van der Waals surface area (Å²) in [6.45, 7) is 0. The molecular formula is C19H20O3. The fraction of sp³-hybridized carbons (Fsp3) is 0.368. The van der Waals surface area contributed by atoms with Crippen LogP contribution in [-0.2, 0) is 4.79 Å². The summed E-state index contributed by atoms with van der Waals surface area (Å²) >= 11 is 0. The molecule has 2 atom stereocenters. The van der Waals surface area contributed by atoms with E-state index in [0.717, 1.165) is 24.8 Å². The van der Waals surface area contributed by atoms with Crippen molar-refractivity contribution >= 4 is 11.6 Å². The second-order valence-electron chi connectivity index (χ2n) is 5.94. The van der Waals surface area contributed by atoms with Gasteiger partial charge in [0.05, 0.1) is 6.26 Å². The van der Waals surface area contributed by atoms with Gasteiger partial charge in [-0.2, -0.15) is 0 Å². The number of carbonyl (C=O) groups excluding carboxylic acids is 2. The van der Waals surface area contributed by atoms with Crippen LogP contribution >= 0.6 is 0 Å². The lowest BCUT2D eigenvalue weighted by atomic mass is 9.74. The first-order chi connectivity index (χ1) is 10.8. The fourth-order valence-electron chi connectivity index (χ4n) is 3.37. The van der Waals surface area contributed by atoms with Gasteiger partial charge in [-0.3, -0.25) is 9.59 Å². The van der Waals surface area contributed by atoms with Crippen molar-refractivity contribution in [3.63, 3.8) is 0 Å². The molecule has 3 rings (SSSR count). The summed E-state index contributed by atoms with van der Waals surface area (Å²) < 4.78 is 5.21. The summed E-state index contributed by atoms with van der Waals surface area (Å²) in [5, 5.41) is 0. The van der Waals surface area contributed by atoms with Crippen molar-refractivity contribution in [2.75, 3.05) is 0 Å². The number of furan rings is 1. The van der Waals surface area contributed by atoms with E-state index in [1.165, 1.54) is 6.26 Å². The molecule has 0 radical (unpaired) electrons. The molecule has 1 aliphatic carbocycles. The molecule has 1 aromatic carbocycles. The molecule has 0 saturated heterocycles. The van der Waals surface area contributed by atoms with Crippen molar-refractivity contribution < 1.29 is 14.0 Å². The zero-order valence-electron chi connectivity index (χ0n) is 12.5.